The predicted octanol–water partition coefficient (Wildman–Crippen LogP) is 4.63. The van der Waals surface area contributed by atoms with Gasteiger partial charge in [-0.15, -0.1) is 23.2 Å². The Morgan fingerprint density at radius 2 is 1.40 bits per heavy atom. The fourth-order valence-electron chi connectivity index (χ4n) is 5.89. The molecule has 1 aliphatic heterocycles. The van der Waals surface area contributed by atoms with Gasteiger partial charge < -0.3 is 14.2 Å². The first-order chi connectivity index (χ1) is 11.6. The van der Waals surface area contributed by atoms with Crippen LogP contribution in [0.4, 0.5) is 0 Å². The fraction of sp³-hybridized carbons (Fsp3) is 0.778. The van der Waals surface area contributed by atoms with E-state index in [0.29, 0.717) is 23.3 Å². The van der Waals surface area contributed by atoms with Crippen LogP contribution < -0.4 is 0 Å². The van der Waals surface area contributed by atoms with E-state index in [-0.39, 0.29) is 35.4 Å². The van der Waals surface area contributed by atoms with Crippen LogP contribution in [0.5, 0.6) is 0 Å². The molecule has 0 aromatic rings. The van der Waals surface area contributed by atoms with Crippen LogP contribution in [0.1, 0.15) is 20.8 Å². The molecule has 0 N–H and O–H groups in total. The van der Waals surface area contributed by atoms with Crippen molar-refractivity contribution >= 4 is 46.4 Å². The van der Waals surface area contributed by atoms with Gasteiger partial charge in [0.05, 0.1) is 35.0 Å². The molecule has 3 nitrogen and oxygen atoms in total. The van der Waals surface area contributed by atoms with Crippen molar-refractivity contribution in [1.29, 1.82) is 0 Å². The highest BCUT2D eigenvalue weighted by molar-refractivity contribution is 6.52. The lowest BCUT2D eigenvalue weighted by molar-refractivity contribution is -0.180. The molecule has 1 saturated heterocycles. The van der Waals surface area contributed by atoms with E-state index in [1.54, 1.807) is 0 Å². The van der Waals surface area contributed by atoms with Crippen LogP contribution in [0.2, 0.25) is 0 Å². The van der Waals surface area contributed by atoms with Crippen LogP contribution in [0.25, 0.3) is 0 Å². The van der Waals surface area contributed by atoms with E-state index in [0.717, 1.165) is 0 Å². The largest absolute Gasteiger partial charge is 0.371 e. The highest BCUT2D eigenvalue weighted by atomic mass is 35.5. The van der Waals surface area contributed by atoms with Crippen LogP contribution in [-0.4, -0.2) is 40.5 Å². The van der Waals surface area contributed by atoms with Crippen molar-refractivity contribution in [3.63, 3.8) is 0 Å². The normalized spacial score (nSPS) is 52.0. The Kier molecular flexibility index (Phi) is 3.46. The third-order valence-electron chi connectivity index (χ3n) is 6.42. The van der Waals surface area contributed by atoms with Gasteiger partial charge in [-0.2, -0.15) is 0 Å². The molecule has 1 heterocycles. The molecule has 5 rings (SSSR count). The molecule has 1 spiro atoms. The Morgan fingerprint density at radius 3 is 1.80 bits per heavy atom. The van der Waals surface area contributed by atoms with Crippen LogP contribution in [0.3, 0.4) is 0 Å². The predicted molar refractivity (Wildman–Crippen MR) is 98.3 cm³/mol. The van der Waals surface area contributed by atoms with Gasteiger partial charge >= 0.3 is 0 Å². The zero-order chi connectivity index (χ0) is 18.0. The maximum Gasteiger partial charge on any atom is 0.218 e. The minimum Gasteiger partial charge on any atom is -0.371 e. The van der Waals surface area contributed by atoms with Gasteiger partial charge in [-0.1, -0.05) is 35.4 Å². The van der Waals surface area contributed by atoms with E-state index in [9.17, 15) is 0 Å². The molecule has 4 bridgehead atoms. The first-order valence-electron chi connectivity index (χ1n) is 8.68. The summed E-state index contributed by atoms with van der Waals surface area (Å²) in [7, 11) is 0. The summed E-state index contributed by atoms with van der Waals surface area (Å²) >= 11 is 27.8. The maximum absolute atomic E-state index is 7.23. The molecule has 0 amide bonds. The Morgan fingerprint density at radius 1 is 0.960 bits per heavy atom. The molecule has 138 valence electrons. The van der Waals surface area contributed by atoms with E-state index < -0.39 is 15.5 Å². The molecular weight excluding hydrogens is 406 g/mol. The highest BCUT2D eigenvalue weighted by Gasteiger charge is 2.89. The first kappa shape index (κ1) is 17.6. The minimum atomic E-state index is -1.21. The second-order valence-corrected chi connectivity index (χ2v) is 10.6. The van der Waals surface area contributed by atoms with E-state index in [1.807, 2.05) is 0 Å². The molecule has 4 aliphatic carbocycles. The Bertz CT molecular complexity index is 664. The van der Waals surface area contributed by atoms with Crippen molar-refractivity contribution in [2.75, 3.05) is 13.2 Å². The number of hydrogen-bond acceptors (Lipinski definition) is 3. The molecule has 2 saturated carbocycles. The lowest BCUT2D eigenvalue weighted by Gasteiger charge is -2.41. The van der Waals surface area contributed by atoms with Gasteiger partial charge in [0.25, 0.3) is 0 Å². The highest BCUT2D eigenvalue weighted by Crippen LogP contribution is 2.80. The van der Waals surface area contributed by atoms with Crippen LogP contribution >= 0.6 is 46.4 Å². The summed E-state index contributed by atoms with van der Waals surface area (Å²) in [5.41, 5.74) is -0.261. The van der Waals surface area contributed by atoms with Gasteiger partial charge in [0.1, 0.15) is 9.75 Å². The van der Waals surface area contributed by atoms with Crippen molar-refractivity contribution in [1.82, 2.24) is 0 Å². The van der Waals surface area contributed by atoms with Crippen molar-refractivity contribution < 1.29 is 14.2 Å². The number of fused-ring (bicyclic) bond motifs is 7. The second-order valence-electron chi connectivity index (χ2n) is 8.65. The van der Waals surface area contributed by atoms with Crippen molar-refractivity contribution in [3.8, 4) is 0 Å². The molecule has 0 aromatic carbocycles. The number of halogens is 4. The zero-order valence-corrected chi connectivity index (χ0v) is 17.2. The summed E-state index contributed by atoms with van der Waals surface area (Å²) in [5.74, 6) is -1.07. The molecule has 1 unspecified atom stereocenters. The summed E-state index contributed by atoms with van der Waals surface area (Å²) in [6.07, 6.45) is 4.39. The van der Waals surface area contributed by atoms with Crippen LogP contribution in [0, 0.1) is 23.7 Å². The van der Waals surface area contributed by atoms with Crippen molar-refractivity contribution in [2.45, 2.75) is 48.0 Å². The topological polar surface area (TPSA) is 27.7 Å². The summed E-state index contributed by atoms with van der Waals surface area (Å²) in [6.45, 7) is 7.05. The molecular formula is C18H20Cl4O3. The van der Waals surface area contributed by atoms with E-state index in [2.05, 4.69) is 32.9 Å². The Hall–Kier alpha value is 0.520. The molecule has 5 aliphatic rings. The number of hydrogen-bond donors (Lipinski definition) is 0. The quantitative estimate of drug-likeness (QED) is 0.452. The zero-order valence-electron chi connectivity index (χ0n) is 14.2. The average molecular weight is 426 g/mol. The third-order valence-corrected chi connectivity index (χ3v) is 9.07. The fourth-order valence-corrected chi connectivity index (χ4v) is 8.10. The van der Waals surface area contributed by atoms with Gasteiger partial charge in [-0.3, -0.25) is 0 Å². The minimum absolute atomic E-state index is 0.0111. The third kappa shape index (κ3) is 1.70. The molecule has 7 atom stereocenters. The van der Waals surface area contributed by atoms with E-state index in [4.69, 9.17) is 60.6 Å². The molecule has 3 fully saturated rings. The summed E-state index contributed by atoms with van der Waals surface area (Å²) < 4.78 is 18.5. The standard InChI is InChI=1S/C18H20Cl4O3/c1-15(2,3)25-12-8-4-5-9(12)11-10(8)16(21)13(19)14(20)17(11,22)18(16)23-6-7-24-18/h4-5,8-12H,6-7H2,1-3H3/t8-,9+,10-,11-,12?,16+,17+/m1/s1. The van der Waals surface area contributed by atoms with Gasteiger partial charge in [0.15, 0.2) is 0 Å². The number of alkyl halides is 2. The smallest absolute Gasteiger partial charge is 0.218 e. The lowest BCUT2D eigenvalue weighted by atomic mass is 9.75. The number of rotatable bonds is 1. The molecule has 7 heteroatoms. The van der Waals surface area contributed by atoms with Crippen molar-refractivity contribution in [3.05, 3.63) is 22.2 Å². The van der Waals surface area contributed by atoms with Gasteiger partial charge in [-0.05, 0) is 20.8 Å². The number of ether oxygens (including phenoxy) is 3. The summed E-state index contributed by atoms with van der Waals surface area (Å²) in [4.78, 5) is -2.17. The molecule has 25 heavy (non-hydrogen) atoms. The summed E-state index contributed by atoms with van der Waals surface area (Å²) in [6, 6.07) is 0. The summed E-state index contributed by atoms with van der Waals surface area (Å²) in [5, 5.41) is 0.730. The molecule has 0 radical (unpaired) electrons. The van der Waals surface area contributed by atoms with Gasteiger partial charge in [0.2, 0.25) is 5.79 Å². The second kappa shape index (κ2) is 4.92. The molecule has 0 aromatic heterocycles. The van der Waals surface area contributed by atoms with Gasteiger partial charge in [0, 0.05) is 23.7 Å². The maximum atomic E-state index is 7.23. The first-order valence-corrected chi connectivity index (χ1v) is 10.2. The van der Waals surface area contributed by atoms with Crippen LogP contribution in [-0.2, 0) is 14.2 Å². The van der Waals surface area contributed by atoms with Crippen molar-refractivity contribution in [2.24, 2.45) is 23.7 Å². The Balaban J connectivity index is 1.66. The monoisotopic (exact) mass is 424 g/mol. The van der Waals surface area contributed by atoms with E-state index >= 15 is 0 Å². The SMILES string of the molecule is CC(C)(C)OC1[C@H]2C=C[C@@H]1[C@@H]1[C@@H]2[C@]2(Cl)C(Cl)=C(Cl)[C@]1(Cl)C21OCCO1. The van der Waals surface area contributed by atoms with Gasteiger partial charge in [-0.25, -0.2) is 0 Å². The lowest BCUT2D eigenvalue weighted by Crippen LogP contribution is -2.57. The average Bonchev–Trinajstić information content (AvgIpc) is 3.28. The Labute approximate surface area is 167 Å². The van der Waals surface area contributed by atoms with Crippen LogP contribution in [0.15, 0.2) is 22.2 Å². The van der Waals surface area contributed by atoms with E-state index in [1.165, 1.54) is 0 Å².